The van der Waals surface area contributed by atoms with Crippen molar-refractivity contribution >= 4 is 5.65 Å². The van der Waals surface area contributed by atoms with Crippen LogP contribution < -0.4 is 4.74 Å². The maximum atomic E-state index is 13.3. The molecule has 0 atom stereocenters. The highest BCUT2D eigenvalue weighted by molar-refractivity contribution is 5.54. The van der Waals surface area contributed by atoms with Gasteiger partial charge in [0.25, 0.3) is 0 Å². The van der Waals surface area contributed by atoms with Crippen LogP contribution in [-0.4, -0.2) is 33.7 Å². The minimum atomic E-state index is -2.60. The third-order valence-corrected chi connectivity index (χ3v) is 7.05. The molecule has 1 aromatic carbocycles. The SMILES string of the molecule is CO[C@]1(c2ccc(F)cc2)CC[C@H](Oc2ccn3c(C4CC(F)(F)C4)nnc3c2C)CC1. The second kappa shape index (κ2) is 7.76. The zero-order valence-electron chi connectivity index (χ0n) is 18.2. The lowest BCUT2D eigenvalue weighted by Gasteiger charge is -2.39. The monoisotopic (exact) mass is 445 g/mol. The van der Waals surface area contributed by atoms with E-state index in [0.717, 1.165) is 42.6 Å². The van der Waals surface area contributed by atoms with Gasteiger partial charge in [-0.3, -0.25) is 4.40 Å². The van der Waals surface area contributed by atoms with Crippen LogP contribution >= 0.6 is 0 Å². The summed E-state index contributed by atoms with van der Waals surface area (Å²) in [7, 11) is 1.70. The minimum absolute atomic E-state index is 0.0209. The Bertz CT molecular complexity index is 1110. The summed E-state index contributed by atoms with van der Waals surface area (Å²) in [6.07, 6.45) is 4.61. The number of halogens is 3. The molecule has 2 aromatic heterocycles. The molecule has 2 fully saturated rings. The van der Waals surface area contributed by atoms with E-state index >= 15 is 0 Å². The molecule has 0 N–H and O–H groups in total. The molecule has 170 valence electrons. The quantitative estimate of drug-likeness (QED) is 0.517. The third-order valence-electron chi connectivity index (χ3n) is 7.05. The van der Waals surface area contributed by atoms with Crippen molar-refractivity contribution in [3.63, 3.8) is 0 Å². The fraction of sp³-hybridized carbons (Fsp3) is 0.500. The summed E-state index contributed by atoms with van der Waals surface area (Å²) < 4.78 is 53.9. The zero-order valence-corrected chi connectivity index (χ0v) is 18.2. The molecule has 2 aliphatic rings. The molecular weight excluding hydrogens is 419 g/mol. The Kier molecular flexibility index (Phi) is 5.15. The van der Waals surface area contributed by atoms with Gasteiger partial charge in [-0.1, -0.05) is 12.1 Å². The Morgan fingerprint density at radius 3 is 2.34 bits per heavy atom. The number of nitrogens with zero attached hydrogens (tertiary/aromatic N) is 3. The normalized spacial score (nSPS) is 25.6. The summed E-state index contributed by atoms with van der Waals surface area (Å²) in [4.78, 5) is 0. The molecule has 0 amide bonds. The molecule has 2 aliphatic carbocycles. The first kappa shape index (κ1) is 21.2. The van der Waals surface area contributed by atoms with E-state index in [1.165, 1.54) is 12.1 Å². The number of aromatic nitrogens is 3. The van der Waals surface area contributed by atoms with Crippen molar-refractivity contribution < 1.29 is 22.6 Å². The summed E-state index contributed by atoms with van der Waals surface area (Å²) in [5.74, 6) is -1.81. The van der Waals surface area contributed by atoms with Crippen molar-refractivity contribution in [2.45, 2.75) is 69.0 Å². The Hall–Kier alpha value is -2.61. The van der Waals surface area contributed by atoms with Crippen LogP contribution in [0.4, 0.5) is 13.2 Å². The third kappa shape index (κ3) is 3.64. The maximum absolute atomic E-state index is 13.3. The predicted molar refractivity (Wildman–Crippen MR) is 113 cm³/mol. The molecule has 32 heavy (non-hydrogen) atoms. The van der Waals surface area contributed by atoms with E-state index in [2.05, 4.69) is 10.2 Å². The number of hydrogen-bond donors (Lipinski definition) is 0. The fourth-order valence-electron chi connectivity index (χ4n) is 5.05. The van der Waals surface area contributed by atoms with Gasteiger partial charge in [-0.05, 0) is 56.4 Å². The summed E-state index contributed by atoms with van der Waals surface area (Å²) >= 11 is 0. The first-order valence-electron chi connectivity index (χ1n) is 11.0. The molecule has 3 aromatic rings. The molecule has 5 rings (SSSR count). The van der Waals surface area contributed by atoms with Crippen molar-refractivity contribution in [1.29, 1.82) is 0 Å². The van der Waals surface area contributed by atoms with Crippen molar-refractivity contribution in [3.8, 4) is 5.75 Å². The van der Waals surface area contributed by atoms with Gasteiger partial charge >= 0.3 is 0 Å². The van der Waals surface area contributed by atoms with Crippen molar-refractivity contribution in [2.75, 3.05) is 7.11 Å². The number of benzene rings is 1. The minimum Gasteiger partial charge on any atom is -0.490 e. The smallest absolute Gasteiger partial charge is 0.249 e. The van der Waals surface area contributed by atoms with Gasteiger partial charge in [-0.2, -0.15) is 0 Å². The molecular formula is C24H26F3N3O2. The van der Waals surface area contributed by atoms with Gasteiger partial charge in [-0.15, -0.1) is 10.2 Å². The lowest BCUT2D eigenvalue weighted by atomic mass is 9.78. The van der Waals surface area contributed by atoms with Crippen LogP contribution in [0.25, 0.3) is 5.65 Å². The molecule has 0 spiro atoms. The number of pyridine rings is 1. The van der Waals surface area contributed by atoms with Crippen molar-refractivity contribution in [1.82, 2.24) is 14.6 Å². The van der Waals surface area contributed by atoms with Crippen LogP contribution in [0.2, 0.25) is 0 Å². The Morgan fingerprint density at radius 1 is 1.03 bits per heavy atom. The van der Waals surface area contributed by atoms with Gasteiger partial charge in [0.05, 0.1) is 11.7 Å². The molecule has 2 heterocycles. The standard InChI is InChI=1S/C24H26F3N3O2/c1-15-20(9-12-30-21(15)28-29-22(30)16-13-24(26,27)14-16)32-19-7-10-23(31-2,11-8-19)17-3-5-18(25)6-4-17/h3-6,9,12,16,19H,7-8,10-11,13-14H2,1-2H3/t19-,23+. The topological polar surface area (TPSA) is 48.7 Å². The van der Waals surface area contributed by atoms with Crippen molar-refractivity contribution in [2.24, 2.45) is 0 Å². The first-order chi connectivity index (χ1) is 15.3. The molecule has 0 saturated heterocycles. The highest BCUT2D eigenvalue weighted by Gasteiger charge is 2.48. The highest BCUT2D eigenvalue weighted by Crippen LogP contribution is 2.48. The van der Waals surface area contributed by atoms with Crippen LogP contribution in [0, 0.1) is 12.7 Å². The summed E-state index contributed by atoms with van der Waals surface area (Å²) in [5, 5.41) is 8.43. The van der Waals surface area contributed by atoms with Crippen LogP contribution in [-0.2, 0) is 10.3 Å². The van der Waals surface area contributed by atoms with Gasteiger partial charge < -0.3 is 9.47 Å². The lowest BCUT2D eigenvalue weighted by Crippen LogP contribution is -2.37. The highest BCUT2D eigenvalue weighted by atomic mass is 19.3. The zero-order chi connectivity index (χ0) is 22.5. The Labute approximate surface area is 184 Å². The average molecular weight is 445 g/mol. The van der Waals surface area contributed by atoms with Crippen LogP contribution in [0.5, 0.6) is 5.75 Å². The van der Waals surface area contributed by atoms with Crippen LogP contribution in [0.3, 0.4) is 0 Å². The molecule has 8 heteroatoms. The summed E-state index contributed by atoms with van der Waals surface area (Å²) in [5.41, 5.74) is 2.04. The van der Waals surface area contributed by atoms with E-state index in [4.69, 9.17) is 9.47 Å². The number of rotatable bonds is 5. The largest absolute Gasteiger partial charge is 0.490 e. The van der Waals surface area contributed by atoms with E-state index in [1.54, 1.807) is 23.6 Å². The summed E-state index contributed by atoms with van der Waals surface area (Å²) in [6, 6.07) is 8.38. The number of aryl methyl sites for hydroxylation is 1. The first-order valence-corrected chi connectivity index (χ1v) is 11.0. The summed E-state index contributed by atoms with van der Waals surface area (Å²) in [6.45, 7) is 1.92. The van der Waals surface area contributed by atoms with Gasteiger partial charge in [0.15, 0.2) is 5.65 Å². The molecule has 0 aliphatic heterocycles. The Morgan fingerprint density at radius 2 is 1.72 bits per heavy atom. The van der Waals surface area contributed by atoms with E-state index < -0.39 is 11.5 Å². The fourth-order valence-corrected chi connectivity index (χ4v) is 5.05. The number of alkyl halides is 2. The molecule has 0 unspecified atom stereocenters. The van der Waals surface area contributed by atoms with Crippen LogP contribution in [0.15, 0.2) is 36.5 Å². The number of fused-ring (bicyclic) bond motifs is 1. The molecule has 0 bridgehead atoms. The van der Waals surface area contributed by atoms with E-state index in [-0.39, 0.29) is 30.7 Å². The van der Waals surface area contributed by atoms with E-state index in [9.17, 15) is 13.2 Å². The molecule has 5 nitrogen and oxygen atoms in total. The lowest BCUT2D eigenvalue weighted by molar-refractivity contribution is -0.0887. The number of methoxy groups -OCH3 is 1. The van der Waals surface area contributed by atoms with Gasteiger partial charge in [-0.25, -0.2) is 13.2 Å². The number of hydrogen-bond acceptors (Lipinski definition) is 4. The Balaban J connectivity index is 1.29. The second-order valence-electron chi connectivity index (χ2n) is 9.04. The average Bonchev–Trinajstić information content (AvgIpc) is 3.20. The predicted octanol–water partition coefficient (Wildman–Crippen LogP) is 5.55. The van der Waals surface area contributed by atoms with Gasteiger partial charge in [0, 0.05) is 37.6 Å². The maximum Gasteiger partial charge on any atom is 0.249 e. The van der Waals surface area contributed by atoms with E-state index in [0.29, 0.717) is 11.5 Å². The number of ether oxygens (including phenoxy) is 2. The second-order valence-corrected chi connectivity index (χ2v) is 9.04. The van der Waals surface area contributed by atoms with Crippen LogP contribution in [0.1, 0.15) is 61.4 Å². The van der Waals surface area contributed by atoms with Gasteiger partial charge in [0.1, 0.15) is 17.4 Å². The molecule has 0 radical (unpaired) electrons. The van der Waals surface area contributed by atoms with E-state index in [1.807, 2.05) is 19.2 Å². The molecule has 2 saturated carbocycles. The van der Waals surface area contributed by atoms with Gasteiger partial charge in [0.2, 0.25) is 5.92 Å². The van der Waals surface area contributed by atoms with Crippen molar-refractivity contribution in [3.05, 3.63) is 59.3 Å².